The van der Waals surface area contributed by atoms with Crippen LogP contribution in [-0.4, -0.2) is 68.3 Å². The first-order chi connectivity index (χ1) is 6.91. The van der Waals surface area contributed by atoms with Crippen molar-refractivity contribution >= 4 is 17.9 Å². The van der Waals surface area contributed by atoms with Crippen molar-refractivity contribution in [1.82, 2.24) is 4.90 Å². The van der Waals surface area contributed by atoms with E-state index in [1.54, 1.807) is 0 Å². The van der Waals surface area contributed by atoms with Crippen LogP contribution in [0.5, 0.6) is 0 Å². The maximum Gasteiger partial charge on any atom is 1.00 e. The molecule has 0 aromatic heterocycles. The number of nitrogens with zero attached hydrogens (tertiary/aromatic N) is 1. The molecule has 0 aromatic carbocycles. The van der Waals surface area contributed by atoms with Gasteiger partial charge in [-0.25, -0.2) is 0 Å². The van der Waals surface area contributed by atoms with Gasteiger partial charge in [-0.3, -0.25) is 29.8 Å². The third-order valence-electron chi connectivity index (χ3n) is 1.08. The van der Waals surface area contributed by atoms with Gasteiger partial charge in [0.15, 0.2) is 0 Å². The smallest absolute Gasteiger partial charge is 0.480 e. The van der Waals surface area contributed by atoms with E-state index < -0.39 is 37.5 Å². The number of hydrogen-bond donors (Lipinski definition) is 5. The summed E-state index contributed by atoms with van der Waals surface area (Å²) in [6.45, 7) is -1.80. The van der Waals surface area contributed by atoms with Crippen LogP contribution in [0.25, 0.3) is 0 Å². The summed E-state index contributed by atoms with van der Waals surface area (Å²) >= 11 is 0. The molecule has 0 atom stereocenters. The van der Waals surface area contributed by atoms with Crippen molar-refractivity contribution in [2.24, 2.45) is 0 Å². The molecule has 0 radical (unpaired) electrons. The minimum absolute atomic E-state index is 0. The van der Waals surface area contributed by atoms with Crippen molar-refractivity contribution in [1.29, 1.82) is 0 Å². The van der Waals surface area contributed by atoms with E-state index in [0.717, 1.165) is 4.90 Å². The van der Waals surface area contributed by atoms with Crippen LogP contribution in [-0.2, 0) is 14.4 Å². The molecule has 0 fully saturated rings. The quantitative estimate of drug-likeness (QED) is 0.180. The summed E-state index contributed by atoms with van der Waals surface area (Å²) < 4.78 is 0. The molecule has 0 spiro atoms. The van der Waals surface area contributed by atoms with Crippen LogP contribution in [0.3, 0.4) is 0 Å². The van der Waals surface area contributed by atoms with Crippen molar-refractivity contribution in [2.45, 2.75) is 0 Å². The van der Waals surface area contributed by atoms with E-state index in [1.807, 2.05) is 0 Å². The average Bonchev–Trinajstić information content (AvgIpc) is 2.03. The van der Waals surface area contributed by atoms with Crippen LogP contribution < -0.4 is 154 Å². The molecule has 9 nitrogen and oxygen atoms in total. The SMILES string of the molecule is O=C(O)CN(CC(=O)O)CC(=O)O.OO.[K+].[K+].[K+]. The van der Waals surface area contributed by atoms with E-state index in [9.17, 15) is 14.4 Å². The number of carboxylic acids is 3. The van der Waals surface area contributed by atoms with Gasteiger partial charge in [-0.2, -0.15) is 0 Å². The zero-order valence-corrected chi connectivity index (χ0v) is 19.9. The van der Waals surface area contributed by atoms with E-state index in [1.165, 1.54) is 0 Å². The summed E-state index contributed by atoms with van der Waals surface area (Å²) in [5.74, 6) is -3.78. The Labute approximate surface area is 230 Å². The van der Waals surface area contributed by atoms with Crippen molar-refractivity contribution in [3.05, 3.63) is 0 Å². The topological polar surface area (TPSA) is 156 Å². The van der Waals surface area contributed by atoms with Crippen LogP contribution in [0.15, 0.2) is 0 Å². The second-order valence-corrected chi connectivity index (χ2v) is 2.33. The molecule has 0 aromatic rings. The summed E-state index contributed by atoms with van der Waals surface area (Å²) in [6.07, 6.45) is 0. The Bertz CT molecular complexity index is 201. The van der Waals surface area contributed by atoms with Gasteiger partial charge in [-0.15, -0.1) is 0 Å². The second kappa shape index (κ2) is 22.5. The molecular formula is C6H11K3NO8+3. The molecule has 0 saturated heterocycles. The molecule has 18 heavy (non-hydrogen) atoms. The van der Waals surface area contributed by atoms with Crippen molar-refractivity contribution in [2.75, 3.05) is 19.6 Å². The minimum atomic E-state index is -1.26. The van der Waals surface area contributed by atoms with E-state index in [2.05, 4.69) is 0 Å². The van der Waals surface area contributed by atoms with Crippen LogP contribution >= 0.6 is 0 Å². The van der Waals surface area contributed by atoms with Gasteiger partial charge in [0.1, 0.15) is 0 Å². The molecule has 0 rings (SSSR count). The van der Waals surface area contributed by atoms with Gasteiger partial charge < -0.3 is 15.3 Å². The maximum atomic E-state index is 10.1. The van der Waals surface area contributed by atoms with Gasteiger partial charge in [0, 0.05) is 0 Å². The first-order valence-electron chi connectivity index (χ1n) is 3.49. The molecule has 0 aliphatic rings. The van der Waals surface area contributed by atoms with E-state index >= 15 is 0 Å². The predicted molar refractivity (Wildman–Crippen MR) is 44.6 cm³/mol. The molecule has 12 heteroatoms. The van der Waals surface area contributed by atoms with E-state index in [4.69, 9.17) is 25.8 Å². The Morgan fingerprint density at radius 1 is 0.667 bits per heavy atom. The Hall–Kier alpha value is 3.20. The van der Waals surface area contributed by atoms with Gasteiger partial charge in [-0.1, -0.05) is 0 Å². The Kier molecular flexibility index (Phi) is 41.2. The normalized spacial score (nSPS) is 7.50. The fraction of sp³-hybridized carbons (Fsp3) is 0.500. The summed E-state index contributed by atoms with van der Waals surface area (Å²) in [5, 5.41) is 36.8. The van der Waals surface area contributed by atoms with E-state index in [-0.39, 0.29) is 154 Å². The monoisotopic (exact) mass is 342 g/mol. The summed E-state index contributed by atoms with van der Waals surface area (Å²) in [5.41, 5.74) is 0. The van der Waals surface area contributed by atoms with Gasteiger partial charge in [-0.05, 0) is 0 Å². The molecular weight excluding hydrogens is 331 g/mol. The van der Waals surface area contributed by atoms with Crippen molar-refractivity contribution < 1.29 is 194 Å². The van der Waals surface area contributed by atoms with Gasteiger partial charge in [0.05, 0.1) is 19.6 Å². The third-order valence-corrected chi connectivity index (χ3v) is 1.08. The zero-order chi connectivity index (χ0) is 12.4. The number of carboxylic acid groups (broad SMARTS) is 3. The third kappa shape index (κ3) is 27.5. The molecule has 0 unspecified atom stereocenters. The Balaban J connectivity index is -0.000000107. The van der Waals surface area contributed by atoms with Crippen LogP contribution in [0.1, 0.15) is 0 Å². The van der Waals surface area contributed by atoms with Gasteiger partial charge in [0.2, 0.25) is 0 Å². The fourth-order valence-corrected chi connectivity index (χ4v) is 0.742. The Morgan fingerprint density at radius 3 is 0.944 bits per heavy atom. The molecule has 88 valence electrons. The van der Waals surface area contributed by atoms with Crippen LogP contribution in [0, 0.1) is 0 Å². The number of aliphatic carboxylic acids is 3. The first kappa shape index (κ1) is 33.0. The predicted octanol–water partition coefficient (Wildman–Crippen LogP) is -10.4. The first-order valence-corrected chi connectivity index (χ1v) is 3.49. The van der Waals surface area contributed by atoms with Crippen molar-refractivity contribution in [3.8, 4) is 0 Å². The molecule has 0 heterocycles. The Morgan fingerprint density at radius 2 is 0.833 bits per heavy atom. The number of carbonyl (C=O) groups is 3. The molecule has 5 N–H and O–H groups in total. The molecule has 0 saturated carbocycles. The maximum absolute atomic E-state index is 10.1. The van der Waals surface area contributed by atoms with Gasteiger partial charge in [0.25, 0.3) is 0 Å². The molecule has 0 aliphatic heterocycles. The number of rotatable bonds is 6. The zero-order valence-electron chi connectivity index (χ0n) is 10.5. The average molecular weight is 342 g/mol. The largest absolute Gasteiger partial charge is 1.00 e. The van der Waals surface area contributed by atoms with Crippen LogP contribution in [0.2, 0.25) is 0 Å². The second-order valence-electron chi connectivity index (χ2n) is 2.33. The summed E-state index contributed by atoms with van der Waals surface area (Å²) in [6, 6.07) is 0. The molecule has 0 bridgehead atoms. The van der Waals surface area contributed by atoms with Gasteiger partial charge >= 0.3 is 172 Å². The number of hydrogen-bond acceptors (Lipinski definition) is 6. The standard InChI is InChI=1S/C6H9NO6.3K.H2O2/c8-4(9)1-7(2-5(10)11)3-6(12)13;;;;1-2/h1-3H2,(H,8,9)(H,10,11)(H,12,13);;;;1-2H/q;3*+1;. The summed E-state index contributed by atoms with van der Waals surface area (Å²) in [7, 11) is 0. The van der Waals surface area contributed by atoms with Crippen LogP contribution in [0.4, 0.5) is 0 Å². The fourth-order valence-electron chi connectivity index (χ4n) is 0.742. The summed E-state index contributed by atoms with van der Waals surface area (Å²) in [4.78, 5) is 31.2. The van der Waals surface area contributed by atoms with E-state index in [0.29, 0.717) is 0 Å². The van der Waals surface area contributed by atoms with Crippen molar-refractivity contribution in [3.63, 3.8) is 0 Å². The minimum Gasteiger partial charge on any atom is -0.480 e. The molecule has 0 aliphatic carbocycles. The molecule has 0 amide bonds.